The van der Waals surface area contributed by atoms with E-state index in [-0.39, 0.29) is 6.04 Å². The van der Waals surface area contributed by atoms with Crippen molar-refractivity contribution in [3.05, 3.63) is 0 Å². The van der Waals surface area contributed by atoms with Gasteiger partial charge in [-0.05, 0) is 26.4 Å². The Hall–Kier alpha value is -1.10. The minimum absolute atomic E-state index is 0.0921. The standard InChI is InChI=1S/C10H19N3O2/c1-7(4-11-3)6-13-8(2)5-12-9(14)10(13)15/h7-8,11H,4-6H2,1-3H3,(H,12,14). The number of piperazine rings is 1. The van der Waals surface area contributed by atoms with E-state index in [1.807, 2.05) is 14.0 Å². The summed E-state index contributed by atoms with van der Waals surface area (Å²) in [6, 6.07) is 0.0921. The van der Waals surface area contributed by atoms with Gasteiger partial charge in [0.1, 0.15) is 0 Å². The summed E-state index contributed by atoms with van der Waals surface area (Å²) < 4.78 is 0. The molecule has 0 aromatic rings. The SMILES string of the molecule is CNCC(C)CN1C(=O)C(=O)NCC1C. The Bertz CT molecular complexity index is 255. The fourth-order valence-corrected chi connectivity index (χ4v) is 1.77. The largest absolute Gasteiger partial charge is 0.346 e. The minimum Gasteiger partial charge on any atom is -0.346 e. The van der Waals surface area contributed by atoms with Crippen LogP contribution in [0, 0.1) is 5.92 Å². The van der Waals surface area contributed by atoms with Crippen molar-refractivity contribution in [2.45, 2.75) is 19.9 Å². The van der Waals surface area contributed by atoms with Crippen LogP contribution in [0.25, 0.3) is 0 Å². The molecule has 1 heterocycles. The van der Waals surface area contributed by atoms with Crippen molar-refractivity contribution in [1.29, 1.82) is 0 Å². The number of carbonyl (C=O) groups excluding carboxylic acids is 2. The fourth-order valence-electron chi connectivity index (χ4n) is 1.77. The molecule has 2 atom stereocenters. The van der Waals surface area contributed by atoms with Crippen LogP contribution < -0.4 is 10.6 Å². The van der Waals surface area contributed by atoms with Gasteiger partial charge in [-0.25, -0.2) is 0 Å². The Morgan fingerprint density at radius 2 is 2.27 bits per heavy atom. The molecule has 0 spiro atoms. The number of amides is 2. The van der Waals surface area contributed by atoms with Crippen molar-refractivity contribution < 1.29 is 9.59 Å². The first-order chi connectivity index (χ1) is 7.06. The third-order valence-electron chi connectivity index (χ3n) is 2.61. The highest BCUT2D eigenvalue weighted by molar-refractivity contribution is 6.35. The molecule has 15 heavy (non-hydrogen) atoms. The van der Waals surface area contributed by atoms with E-state index in [2.05, 4.69) is 17.6 Å². The summed E-state index contributed by atoms with van der Waals surface area (Å²) in [4.78, 5) is 24.4. The summed E-state index contributed by atoms with van der Waals surface area (Å²) >= 11 is 0. The van der Waals surface area contributed by atoms with Gasteiger partial charge in [0.05, 0.1) is 0 Å². The number of rotatable bonds is 4. The summed E-state index contributed by atoms with van der Waals surface area (Å²) in [5.41, 5.74) is 0. The van der Waals surface area contributed by atoms with Gasteiger partial charge < -0.3 is 15.5 Å². The van der Waals surface area contributed by atoms with Gasteiger partial charge in [-0.15, -0.1) is 0 Å². The molecule has 5 nitrogen and oxygen atoms in total. The second-order valence-electron chi connectivity index (χ2n) is 4.18. The summed E-state index contributed by atoms with van der Waals surface area (Å²) in [5.74, 6) is -0.534. The quantitative estimate of drug-likeness (QED) is 0.600. The number of carbonyl (C=O) groups is 2. The smallest absolute Gasteiger partial charge is 0.312 e. The molecular formula is C10H19N3O2. The molecule has 86 valence electrons. The van der Waals surface area contributed by atoms with Crippen molar-refractivity contribution >= 4 is 11.8 Å². The second kappa shape index (κ2) is 5.11. The van der Waals surface area contributed by atoms with Crippen molar-refractivity contribution in [2.24, 2.45) is 5.92 Å². The number of hydrogen-bond donors (Lipinski definition) is 2. The molecule has 1 fully saturated rings. The van der Waals surface area contributed by atoms with Crippen molar-refractivity contribution in [3.63, 3.8) is 0 Å². The molecule has 2 N–H and O–H groups in total. The second-order valence-corrected chi connectivity index (χ2v) is 4.18. The highest BCUT2D eigenvalue weighted by atomic mass is 16.2. The average Bonchev–Trinajstić information content (AvgIpc) is 2.19. The maximum absolute atomic E-state index is 11.6. The lowest BCUT2D eigenvalue weighted by molar-refractivity contribution is -0.150. The van der Waals surface area contributed by atoms with Crippen LogP contribution in [0.3, 0.4) is 0 Å². The van der Waals surface area contributed by atoms with Crippen LogP contribution in [-0.4, -0.2) is 49.4 Å². The van der Waals surface area contributed by atoms with Gasteiger partial charge in [-0.3, -0.25) is 9.59 Å². The first-order valence-electron chi connectivity index (χ1n) is 5.29. The molecule has 1 saturated heterocycles. The zero-order valence-electron chi connectivity index (χ0n) is 9.54. The van der Waals surface area contributed by atoms with Crippen LogP contribution in [0.15, 0.2) is 0 Å². The third kappa shape index (κ3) is 2.92. The Morgan fingerprint density at radius 1 is 1.60 bits per heavy atom. The minimum atomic E-state index is -0.482. The molecule has 0 aliphatic carbocycles. The maximum atomic E-state index is 11.6. The Balaban J connectivity index is 2.57. The fraction of sp³-hybridized carbons (Fsp3) is 0.800. The highest BCUT2D eigenvalue weighted by Crippen LogP contribution is 2.08. The molecule has 0 aromatic heterocycles. The maximum Gasteiger partial charge on any atom is 0.312 e. The first-order valence-corrected chi connectivity index (χ1v) is 5.29. The van der Waals surface area contributed by atoms with Gasteiger partial charge in [-0.2, -0.15) is 0 Å². The molecule has 2 amide bonds. The Kier molecular flexibility index (Phi) is 4.08. The van der Waals surface area contributed by atoms with Gasteiger partial charge >= 0.3 is 11.8 Å². The number of hydrogen-bond acceptors (Lipinski definition) is 3. The summed E-state index contributed by atoms with van der Waals surface area (Å²) in [7, 11) is 1.88. The zero-order chi connectivity index (χ0) is 11.4. The average molecular weight is 213 g/mol. The third-order valence-corrected chi connectivity index (χ3v) is 2.61. The van der Waals surface area contributed by atoms with Gasteiger partial charge in [-0.1, -0.05) is 6.92 Å². The van der Waals surface area contributed by atoms with E-state index in [1.165, 1.54) is 0 Å². The van der Waals surface area contributed by atoms with Crippen LogP contribution in [0.4, 0.5) is 0 Å². The molecular weight excluding hydrogens is 194 g/mol. The van der Waals surface area contributed by atoms with E-state index >= 15 is 0 Å². The van der Waals surface area contributed by atoms with Gasteiger partial charge in [0.2, 0.25) is 0 Å². The van der Waals surface area contributed by atoms with E-state index in [4.69, 9.17) is 0 Å². The van der Waals surface area contributed by atoms with E-state index in [9.17, 15) is 9.59 Å². The lowest BCUT2D eigenvalue weighted by atomic mass is 10.1. The molecule has 0 bridgehead atoms. The number of nitrogens with zero attached hydrogens (tertiary/aromatic N) is 1. The van der Waals surface area contributed by atoms with E-state index in [1.54, 1.807) is 4.90 Å². The van der Waals surface area contributed by atoms with E-state index in [0.717, 1.165) is 6.54 Å². The summed E-state index contributed by atoms with van der Waals surface area (Å²) in [5, 5.41) is 5.63. The molecule has 1 aliphatic rings. The molecule has 0 saturated carbocycles. The molecule has 1 rings (SSSR count). The van der Waals surface area contributed by atoms with Crippen LogP contribution in [0.2, 0.25) is 0 Å². The molecule has 0 radical (unpaired) electrons. The molecule has 2 unspecified atom stereocenters. The summed E-state index contributed by atoms with van der Waals surface area (Å²) in [6.45, 7) is 6.04. The lowest BCUT2D eigenvalue weighted by Crippen LogP contribution is -2.58. The van der Waals surface area contributed by atoms with Crippen LogP contribution in [0.1, 0.15) is 13.8 Å². The first kappa shape index (κ1) is 12.0. The van der Waals surface area contributed by atoms with Gasteiger partial charge in [0, 0.05) is 19.1 Å². The molecule has 5 heteroatoms. The van der Waals surface area contributed by atoms with Crippen LogP contribution in [-0.2, 0) is 9.59 Å². The Labute approximate surface area is 90.2 Å². The zero-order valence-corrected chi connectivity index (χ0v) is 9.54. The van der Waals surface area contributed by atoms with Gasteiger partial charge in [0.15, 0.2) is 0 Å². The Morgan fingerprint density at radius 3 is 2.87 bits per heavy atom. The molecule has 1 aliphatic heterocycles. The highest BCUT2D eigenvalue weighted by Gasteiger charge is 2.31. The van der Waals surface area contributed by atoms with Crippen molar-refractivity contribution in [1.82, 2.24) is 15.5 Å². The van der Waals surface area contributed by atoms with E-state index < -0.39 is 11.8 Å². The van der Waals surface area contributed by atoms with E-state index in [0.29, 0.717) is 19.0 Å². The van der Waals surface area contributed by atoms with Crippen molar-refractivity contribution in [2.75, 3.05) is 26.7 Å². The normalized spacial score (nSPS) is 23.9. The number of nitrogens with one attached hydrogen (secondary N) is 2. The van der Waals surface area contributed by atoms with Crippen molar-refractivity contribution in [3.8, 4) is 0 Å². The molecule has 0 aromatic carbocycles. The lowest BCUT2D eigenvalue weighted by Gasteiger charge is -2.34. The van der Waals surface area contributed by atoms with Gasteiger partial charge in [0.25, 0.3) is 0 Å². The van der Waals surface area contributed by atoms with Crippen LogP contribution >= 0.6 is 0 Å². The monoisotopic (exact) mass is 213 g/mol. The predicted octanol–water partition coefficient (Wildman–Crippen LogP) is -0.811. The van der Waals surface area contributed by atoms with Crippen LogP contribution in [0.5, 0.6) is 0 Å². The summed E-state index contributed by atoms with van der Waals surface area (Å²) in [6.07, 6.45) is 0. The predicted molar refractivity (Wildman–Crippen MR) is 57.3 cm³/mol. The topological polar surface area (TPSA) is 61.4 Å².